The number of rotatable bonds is 8. The number of unbranched alkanes of at least 4 members (excludes halogenated alkanes) is 2. The van der Waals surface area contributed by atoms with Gasteiger partial charge in [-0.2, -0.15) is 0 Å². The zero-order valence-corrected chi connectivity index (χ0v) is 10.5. The van der Waals surface area contributed by atoms with E-state index >= 15 is 0 Å². The summed E-state index contributed by atoms with van der Waals surface area (Å²) in [6, 6.07) is 0. The predicted molar refractivity (Wildman–Crippen MR) is 68.9 cm³/mol. The third-order valence-corrected chi connectivity index (χ3v) is 3.41. The van der Waals surface area contributed by atoms with E-state index in [1.54, 1.807) is 5.57 Å². The van der Waals surface area contributed by atoms with Gasteiger partial charge in [-0.25, -0.2) is 0 Å². The second-order valence-electron chi connectivity index (χ2n) is 4.97. The van der Waals surface area contributed by atoms with Gasteiger partial charge in [0.15, 0.2) is 0 Å². The van der Waals surface area contributed by atoms with E-state index in [0.29, 0.717) is 5.92 Å². The molecule has 1 aliphatic rings. The summed E-state index contributed by atoms with van der Waals surface area (Å²) in [4.78, 5) is 0. The molecule has 86 valence electrons. The van der Waals surface area contributed by atoms with Crippen LogP contribution in [-0.2, 0) is 0 Å². The number of hydrogen-bond donors (Lipinski definition) is 0. The zero-order chi connectivity index (χ0) is 11.1. The van der Waals surface area contributed by atoms with Crippen molar-refractivity contribution in [3.63, 3.8) is 0 Å². The third-order valence-electron chi connectivity index (χ3n) is 3.41. The average Bonchev–Trinajstić information content (AvgIpc) is 2.96. The van der Waals surface area contributed by atoms with E-state index in [2.05, 4.69) is 32.6 Å². The van der Waals surface area contributed by atoms with Crippen LogP contribution in [0.2, 0.25) is 0 Å². The van der Waals surface area contributed by atoms with Gasteiger partial charge in [0, 0.05) is 0 Å². The molecule has 0 N–H and O–H groups in total. The standard InChI is InChI=1S/C15H26/c1-4-9-14-12-15(14)11-8-6-7-10-13(3)5-2/h5,11,13-14H,2,4,6-10,12H2,1,3H3. The lowest BCUT2D eigenvalue weighted by molar-refractivity contribution is 0.585. The third kappa shape index (κ3) is 5.20. The molecule has 1 rings (SSSR count). The molecule has 0 aromatic carbocycles. The van der Waals surface area contributed by atoms with Crippen LogP contribution in [0, 0.1) is 11.8 Å². The van der Waals surface area contributed by atoms with Gasteiger partial charge in [-0.1, -0.05) is 44.4 Å². The molecule has 1 saturated carbocycles. The predicted octanol–water partition coefficient (Wildman–Crippen LogP) is 5.12. The van der Waals surface area contributed by atoms with Crippen LogP contribution in [0.4, 0.5) is 0 Å². The smallest absolute Gasteiger partial charge is 0.0166 e. The number of allylic oxidation sites excluding steroid dienone is 3. The van der Waals surface area contributed by atoms with E-state index in [1.165, 1.54) is 44.9 Å². The van der Waals surface area contributed by atoms with Crippen molar-refractivity contribution in [3.8, 4) is 0 Å². The molecule has 0 bridgehead atoms. The average molecular weight is 206 g/mol. The molecule has 2 unspecified atom stereocenters. The molecule has 1 aliphatic carbocycles. The van der Waals surface area contributed by atoms with Crippen molar-refractivity contribution in [1.29, 1.82) is 0 Å². The maximum Gasteiger partial charge on any atom is -0.0166 e. The molecule has 0 radical (unpaired) electrons. The van der Waals surface area contributed by atoms with E-state index in [9.17, 15) is 0 Å². The van der Waals surface area contributed by atoms with Crippen LogP contribution in [0.1, 0.15) is 58.8 Å². The Labute approximate surface area is 95.5 Å². The summed E-state index contributed by atoms with van der Waals surface area (Å²) in [5.41, 5.74) is 1.74. The summed E-state index contributed by atoms with van der Waals surface area (Å²) in [5.74, 6) is 1.67. The molecule has 0 spiro atoms. The molecule has 0 nitrogen and oxygen atoms in total. The Hall–Kier alpha value is -0.520. The topological polar surface area (TPSA) is 0 Å². The Kier molecular flexibility index (Phi) is 5.75. The highest BCUT2D eigenvalue weighted by Crippen LogP contribution is 2.41. The van der Waals surface area contributed by atoms with Crippen LogP contribution in [0.15, 0.2) is 24.3 Å². The lowest BCUT2D eigenvalue weighted by Gasteiger charge is -2.03. The minimum Gasteiger partial charge on any atom is -0.103 e. The monoisotopic (exact) mass is 206 g/mol. The summed E-state index contributed by atoms with van der Waals surface area (Å²) < 4.78 is 0. The van der Waals surface area contributed by atoms with Crippen molar-refractivity contribution in [3.05, 3.63) is 24.3 Å². The van der Waals surface area contributed by atoms with Crippen molar-refractivity contribution in [2.45, 2.75) is 58.8 Å². The molecule has 0 heterocycles. The van der Waals surface area contributed by atoms with Gasteiger partial charge in [0.1, 0.15) is 0 Å². The second-order valence-corrected chi connectivity index (χ2v) is 4.97. The van der Waals surface area contributed by atoms with Gasteiger partial charge in [-0.05, 0) is 43.9 Å². The van der Waals surface area contributed by atoms with Crippen molar-refractivity contribution in [2.24, 2.45) is 11.8 Å². The Morgan fingerprint density at radius 3 is 2.93 bits per heavy atom. The van der Waals surface area contributed by atoms with E-state index in [-0.39, 0.29) is 0 Å². The number of hydrogen-bond acceptors (Lipinski definition) is 0. The van der Waals surface area contributed by atoms with Crippen LogP contribution < -0.4 is 0 Å². The first-order chi connectivity index (χ1) is 7.27. The fourth-order valence-corrected chi connectivity index (χ4v) is 2.13. The maximum atomic E-state index is 3.82. The fraction of sp³-hybridized carbons (Fsp3) is 0.733. The molecule has 15 heavy (non-hydrogen) atoms. The molecule has 1 fully saturated rings. The van der Waals surface area contributed by atoms with Gasteiger partial charge in [0.2, 0.25) is 0 Å². The lowest BCUT2D eigenvalue weighted by Crippen LogP contribution is -1.87. The molecular formula is C15H26. The normalized spacial score (nSPS) is 24.1. The Morgan fingerprint density at radius 1 is 1.47 bits per heavy atom. The zero-order valence-electron chi connectivity index (χ0n) is 10.5. The summed E-state index contributed by atoms with van der Waals surface area (Å²) in [6.45, 7) is 8.35. The first-order valence-corrected chi connectivity index (χ1v) is 6.59. The first-order valence-electron chi connectivity index (χ1n) is 6.59. The Bertz CT molecular complexity index is 212. The fourth-order valence-electron chi connectivity index (χ4n) is 2.13. The van der Waals surface area contributed by atoms with Crippen LogP contribution in [-0.4, -0.2) is 0 Å². The van der Waals surface area contributed by atoms with Crippen LogP contribution in [0.5, 0.6) is 0 Å². The summed E-state index contributed by atoms with van der Waals surface area (Å²) in [7, 11) is 0. The second kappa shape index (κ2) is 6.87. The Morgan fingerprint density at radius 2 is 2.27 bits per heavy atom. The van der Waals surface area contributed by atoms with Crippen molar-refractivity contribution in [2.75, 3.05) is 0 Å². The highest BCUT2D eigenvalue weighted by molar-refractivity contribution is 5.22. The van der Waals surface area contributed by atoms with Gasteiger partial charge in [0.25, 0.3) is 0 Å². The largest absolute Gasteiger partial charge is 0.103 e. The van der Waals surface area contributed by atoms with Gasteiger partial charge in [-0.3, -0.25) is 0 Å². The minimum atomic E-state index is 0.700. The first kappa shape index (κ1) is 12.5. The molecule has 0 amide bonds. The van der Waals surface area contributed by atoms with Gasteiger partial charge < -0.3 is 0 Å². The van der Waals surface area contributed by atoms with E-state index < -0.39 is 0 Å². The van der Waals surface area contributed by atoms with E-state index in [1.807, 2.05) is 0 Å². The van der Waals surface area contributed by atoms with E-state index in [4.69, 9.17) is 0 Å². The molecule has 0 heteroatoms. The summed E-state index contributed by atoms with van der Waals surface area (Å²) in [6.07, 6.45) is 14.1. The van der Waals surface area contributed by atoms with Crippen LogP contribution >= 0.6 is 0 Å². The van der Waals surface area contributed by atoms with E-state index in [0.717, 1.165) is 5.92 Å². The van der Waals surface area contributed by atoms with Crippen LogP contribution in [0.25, 0.3) is 0 Å². The van der Waals surface area contributed by atoms with Crippen molar-refractivity contribution in [1.82, 2.24) is 0 Å². The molecule has 0 aromatic rings. The molecule has 0 aromatic heterocycles. The van der Waals surface area contributed by atoms with Crippen molar-refractivity contribution >= 4 is 0 Å². The van der Waals surface area contributed by atoms with Gasteiger partial charge in [0.05, 0.1) is 0 Å². The molecule has 0 aliphatic heterocycles. The molecule has 2 atom stereocenters. The SMILES string of the molecule is C=CC(C)CCCCC=C1CC1CCC. The Balaban J connectivity index is 1.96. The van der Waals surface area contributed by atoms with Gasteiger partial charge >= 0.3 is 0 Å². The molecule has 0 saturated heterocycles. The minimum absolute atomic E-state index is 0.700. The van der Waals surface area contributed by atoms with Crippen LogP contribution in [0.3, 0.4) is 0 Å². The highest BCUT2D eigenvalue weighted by atomic mass is 14.3. The van der Waals surface area contributed by atoms with Crippen molar-refractivity contribution < 1.29 is 0 Å². The summed E-state index contributed by atoms with van der Waals surface area (Å²) >= 11 is 0. The highest BCUT2D eigenvalue weighted by Gasteiger charge is 2.27. The quantitative estimate of drug-likeness (QED) is 0.382. The summed E-state index contributed by atoms with van der Waals surface area (Å²) in [5, 5.41) is 0. The lowest BCUT2D eigenvalue weighted by atomic mass is 10.0. The van der Waals surface area contributed by atoms with Gasteiger partial charge in [-0.15, -0.1) is 6.58 Å². The maximum absolute atomic E-state index is 3.82. The molecular weight excluding hydrogens is 180 g/mol.